The van der Waals surface area contributed by atoms with Crippen molar-refractivity contribution in [3.63, 3.8) is 0 Å². The number of hydrogen-bond donors (Lipinski definition) is 1. The molecule has 2 rings (SSSR count). The van der Waals surface area contributed by atoms with Crippen LogP contribution in [-0.2, 0) is 19.4 Å². The molecule has 7 nitrogen and oxygen atoms in total. The number of nitrogens with one attached hydrogen (secondary N) is 1. The second-order valence-electron chi connectivity index (χ2n) is 5.55. The molecule has 0 radical (unpaired) electrons. The maximum Gasteiger partial charge on any atom is 0.229 e. The maximum absolute atomic E-state index is 12.1. The summed E-state index contributed by atoms with van der Waals surface area (Å²) in [5.74, 6) is 0.00218. The van der Waals surface area contributed by atoms with E-state index in [1.165, 1.54) is 0 Å². The third-order valence-electron chi connectivity index (χ3n) is 3.56. The number of ether oxygens (including phenoxy) is 1. The fourth-order valence-electron chi connectivity index (χ4n) is 2.41. The average molecular weight is 340 g/mol. The van der Waals surface area contributed by atoms with Crippen LogP contribution < -0.4 is 15.0 Å². The Labute approximate surface area is 135 Å². The first kappa shape index (κ1) is 17.3. The zero-order chi connectivity index (χ0) is 17.0. The Kier molecular flexibility index (Phi) is 5.25. The highest BCUT2D eigenvalue weighted by atomic mass is 32.2. The Hall–Kier alpha value is -2.09. The van der Waals surface area contributed by atoms with E-state index < -0.39 is 9.84 Å². The van der Waals surface area contributed by atoms with Crippen LogP contribution >= 0.6 is 0 Å². The minimum atomic E-state index is -3.18. The number of anilines is 1. The van der Waals surface area contributed by atoms with Crippen molar-refractivity contribution in [2.24, 2.45) is 0 Å². The van der Waals surface area contributed by atoms with Gasteiger partial charge in [-0.05, 0) is 12.1 Å². The second-order valence-corrected chi connectivity index (χ2v) is 7.81. The largest absolute Gasteiger partial charge is 0.497 e. The molecule has 1 aliphatic rings. The van der Waals surface area contributed by atoms with E-state index in [4.69, 9.17) is 4.74 Å². The summed E-state index contributed by atoms with van der Waals surface area (Å²) in [5, 5.41) is 2.71. The summed E-state index contributed by atoms with van der Waals surface area (Å²) in [6, 6.07) is 6.81. The van der Waals surface area contributed by atoms with E-state index in [9.17, 15) is 18.0 Å². The first-order valence-electron chi connectivity index (χ1n) is 7.20. The van der Waals surface area contributed by atoms with Gasteiger partial charge in [-0.15, -0.1) is 0 Å². The molecular formula is C15H20N2O5S. The fourth-order valence-corrected chi connectivity index (χ4v) is 2.97. The molecule has 0 aromatic heterocycles. The number of sulfone groups is 1. The lowest BCUT2D eigenvalue weighted by Crippen LogP contribution is -2.37. The van der Waals surface area contributed by atoms with Crippen LogP contribution in [0.3, 0.4) is 0 Å². The van der Waals surface area contributed by atoms with Crippen molar-refractivity contribution in [3.8, 4) is 5.75 Å². The van der Waals surface area contributed by atoms with Crippen LogP contribution in [0.5, 0.6) is 5.75 Å². The molecule has 0 saturated carbocycles. The molecule has 1 aromatic carbocycles. The normalized spacial score (nSPS) is 18.1. The van der Waals surface area contributed by atoms with E-state index >= 15 is 0 Å². The standard InChI is InChI=1S/C15H20N2O5S/c1-22-13-5-3-4-12(9-13)17-10-11(8-15(17)19)16-14(18)6-7-23(2,20)21/h3-5,9,11H,6-8,10H2,1-2H3,(H,16,18). The third-order valence-corrected chi connectivity index (χ3v) is 4.50. The first-order valence-corrected chi connectivity index (χ1v) is 9.26. The van der Waals surface area contributed by atoms with Crippen LogP contribution in [0.2, 0.25) is 0 Å². The summed E-state index contributed by atoms with van der Waals surface area (Å²) < 4.78 is 27.3. The smallest absolute Gasteiger partial charge is 0.229 e. The molecule has 1 heterocycles. The molecule has 8 heteroatoms. The zero-order valence-electron chi connectivity index (χ0n) is 13.1. The molecule has 1 aromatic rings. The number of hydrogen-bond acceptors (Lipinski definition) is 5. The van der Waals surface area contributed by atoms with Crippen LogP contribution in [0.15, 0.2) is 24.3 Å². The number of benzene rings is 1. The van der Waals surface area contributed by atoms with Crippen LogP contribution in [-0.4, -0.2) is 51.9 Å². The molecule has 1 N–H and O–H groups in total. The van der Waals surface area contributed by atoms with Gasteiger partial charge in [0, 0.05) is 37.4 Å². The van der Waals surface area contributed by atoms with Crippen molar-refractivity contribution >= 4 is 27.3 Å². The van der Waals surface area contributed by atoms with E-state index in [0.29, 0.717) is 18.0 Å². The summed E-state index contributed by atoms with van der Waals surface area (Å²) in [7, 11) is -1.63. The van der Waals surface area contributed by atoms with Gasteiger partial charge in [0.05, 0.1) is 18.9 Å². The highest BCUT2D eigenvalue weighted by Gasteiger charge is 2.31. The predicted octanol–water partition coefficient (Wildman–Crippen LogP) is 0.351. The minimum Gasteiger partial charge on any atom is -0.497 e. The molecule has 1 unspecified atom stereocenters. The van der Waals surface area contributed by atoms with Crippen LogP contribution in [0.25, 0.3) is 0 Å². The molecule has 126 valence electrons. The van der Waals surface area contributed by atoms with Gasteiger partial charge in [0.2, 0.25) is 11.8 Å². The SMILES string of the molecule is COc1cccc(N2CC(NC(=O)CCS(C)(=O)=O)CC2=O)c1. The second kappa shape index (κ2) is 6.99. The lowest BCUT2D eigenvalue weighted by molar-refractivity contribution is -0.121. The van der Waals surface area contributed by atoms with Crippen molar-refractivity contribution < 1.29 is 22.7 Å². The van der Waals surface area contributed by atoms with Crippen molar-refractivity contribution in [3.05, 3.63) is 24.3 Å². The Morgan fingerprint density at radius 3 is 2.83 bits per heavy atom. The van der Waals surface area contributed by atoms with Crippen LogP contribution in [0, 0.1) is 0 Å². The summed E-state index contributed by atoms with van der Waals surface area (Å²) in [6.45, 7) is 0.358. The number of carbonyl (C=O) groups excluding carboxylic acids is 2. The van der Waals surface area contributed by atoms with Gasteiger partial charge in [0.25, 0.3) is 0 Å². The van der Waals surface area contributed by atoms with Gasteiger partial charge in [-0.25, -0.2) is 8.42 Å². The molecule has 23 heavy (non-hydrogen) atoms. The zero-order valence-corrected chi connectivity index (χ0v) is 13.9. The van der Waals surface area contributed by atoms with Crippen LogP contribution in [0.4, 0.5) is 5.69 Å². The summed E-state index contributed by atoms with van der Waals surface area (Å²) in [5.41, 5.74) is 0.710. The maximum atomic E-state index is 12.1. The van der Waals surface area contributed by atoms with Gasteiger partial charge in [0.1, 0.15) is 15.6 Å². The third kappa shape index (κ3) is 4.95. The Bertz CT molecular complexity index is 702. The molecule has 1 saturated heterocycles. The van der Waals surface area contributed by atoms with Gasteiger partial charge >= 0.3 is 0 Å². The fraction of sp³-hybridized carbons (Fsp3) is 0.467. The molecule has 0 spiro atoms. The Balaban J connectivity index is 1.95. The van der Waals surface area contributed by atoms with Crippen molar-refractivity contribution in [1.29, 1.82) is 0 Å². The van der Waals surface area contributed by atoms with E-state index in [1.807, 2.05) is 0 Å². The van der Waals surface area contributed by atoms with E-state index in [1.54, 1.807) is 36.3 Å². The minimum absolute atomic E-state index is 0.0910. The predicted molar refractivity (Wildman–Crippen MR) is 86.2 cm³/mol. The molecule has 0 aliphatic carbocycles. The molecule has 1 fully saturated rings. The van der Waals surface area contributed by atoms with Crippen LogP contribution in [0.1, 0.15) is 12.8 Å². The van der Waals surface area contributed by atoms with E-state index in [0.717, 1.165) is 6.26 Å². The number of methoxy groups -OCH3 is 1. The monoisotopic (exact) mass is 340 g/mol. The quantitative estimate of drug-likeness (QED) is 0.807. The molecule has 0 bridgehead atoms. The molecule has 1 atom stereocenters. The number of nitrogens with zero attached hydrogens (tertiary/aromatic N) is 1. The van der Waals surface area contributed by atoms with E-state index in [-0.39, 0.29) is 36.5 Å². The van der Waals surface area contributed by atoms with Crippen molar-refractivity contribution in [2.45, 2.75) is 18.9 Å². The first-order chi connectivity index (χ1) is 10.8. The lowest BCUT2D eigenvalue weighted by Gasteiger charge is -2.18. The number of carbonyl (C=O) groups is 2. The Morgan fingerprint density at radius 2 is 2.17 bits per heavy atom. The summed E-state index contributed by atoms with van der Waals surface area (Å²) >= 11 is 0. The highest BCUT2D eigenvalue weighted by Crippen LogP contribution is 2.25. The van der Waals surface area contributed by atoms with Gasteiger partial charge < -0.3 is 15.0 Å². The summed E-state index contributed by atoms with van der Waals surface area (Å²) in [6.07, 6.45) is 1.19. The van der Waals surface area contributed by atoms with Gasteiger partial charge in [0.15, 0.2) is 0 Å². The molecule has 2 amide bonds. The number of rotatable bonds is 6. The Morgan fingerprint density at radius 1 is 1.43 bits per heavy atom. The van der Waals surface area contributed by atoms with Crippen molar-refractivity contribution in [1.82, 2.24) is 5.32 Å². The highest BCUT2D eigenvalue weighted by molar-refractivity contribution is 7.90. The number of amides is 2. The van der Waals surface area contributed by atoms with Crippen molar-refractivity contribution in [2.75, 3.05) is 30.6 Å². The molecular weight excluding hydrogens is 320 g/mol. The average Bonchev–Trinajstić information content (AvgIpc) is 2.85. The topological polar surface area (TPSA) is 92.8 Å². The molecule has 1 aliphatic heterocycles. The summed E-state index contributed by atoms with van der Waals surface area (Å²) in [4.78, 5) is 25.5. The lowest BCUT2D eigenvalue weighted by atomic mass is 10.2. The van der Waals surface area contributed by atoms with E-state index in [2.05, 4.69) is 5.32 Å². The van der Waals surface area contributed by atoms with Gasteiger partial charge in [-0.3, -0.25) is 9.59 Å². The van der Waals surface area contributed by atoms with Gasteiger partial charge in [-0.1, -0.05) is 6.07 Å². The van der Waals surface area contributed by atoms with Gasteiger partial charge in [-0.2, -0.15) is 0 Å².